The van der Waals surface area contributed by atoms with Crippen molar-refractivity contribution >= 4 is 29.5 Å². The summed E-state index contributed by atoms with van der Waals surface area (Å²) < 4.78 is 0. The Balaban J connectivity index is 0.00000162. The maximum absolute atomic E-state index is 11.0. The van der Waals surface area contributed by atoms with E-state index in [0.29, 0.717) is 12.5 Å². The number of thiazole rings is 1. The molecule has 0 bridgehead atoms. The van der Waals surface area contributed by atoms with Crippen LogP contribution in [0.15, 0.2) is 6.20 Å². The Morgan fingerprint density at radius 2 is 2.44 bits per heavy atom. The lowest BCUT2D eigenvalue weighted by Gasteiger charge is -2.29. The van der Waals surface area contributed by atoms with Gasteiger partial charge in [-0.15, -0.1) is 23.7 Å². The van der Waals surface area contributed by atoms with Crippen molar-refractivity contribution in [3.63, 3.8) is 0 Å². The maximum Gasteiger partial charge on any atom is 0.136 e. The number of piperidine rings is 1. The van der Waals surface area contributed by atoms with Crippen molar-refractivity contribution in [2.45, 2.75) is 38.8 Å². The van der Waals surface area contributed by atoms with Crippen LogP contribution in [0, 0.1) is 0 Å². The lowest BCUT2D eigenvalue weighted by atomic mass is 10.1. The number of nitrogens with two attached hydrogens (primary N) is 1. The standard InChI is InChI=1S/C12H19N3OS.ClH/c1-9(16)5-12-14-6-11(17-12)8-15-4-2-3-10(13)7-15;/h6,10H,2-5,7-8,13H2,1H3;1H. The summed E-state index contributed by atoms with van der Waals surface area (Å²) in [4.78, 5) is 18.9. The summed E-state index contributed by atoms with van der Waals surface area (Å²) in [7, 11) is 0. The van der Waals surface area contributed by atoms with E-state index in [1.54, 1.807) is 18.3 Å². The number of likely N-dealkylation sites (tertiary alicyclic amines) is 1. The first-order chi connectivity index (χ1) is 8.13. The van der Waals surface area contributed by atoms with E-state index in [2.05, 4.69) is 9.88 Å². The molecule has 2 rings (SSSR count). The summed E-state index contributed by atoms with van der Waals surface area (Å²) in [6.07, 6.45) is 4.67. The molecule has 18 heavy (non-hydrogen) atoms. The Labute approximate surface area is 118 Å². The number of Topliss-reactive ketones (excluding diaryl/α,β-unsaturated/α-hetero) is 1. The largest absolute Gasteiger partial charge is 0.327 e. The first-order valence-electron chi connectivity index (χ1n) is 6.04. The molecular formula is C12H20ClN3OS. The zero-order chi connectivity index (χ0) is 12.3. The molecule has 2 heterocycles. The zero-order valence-electron chi connectivity index (χ0n) is 10.6. The lowest BCUT2D eigenvalue weighted by Crippen LogP contribution is -2.42. The molecule has 6 heteroatoms. The molecule has 0 aliphatic carbocycles. The first-order valence-corrected chi connectivity index (χ1v) is 6.86. The molecule has 0 saturated carbocycles. The van der Waals surface area contributed by atoms with Gasteiger partial charge < -0.3 is 5.73 Å². The lowest BCUT2D eigenvalue weighted by molar-refractivity contribution is -0.116. The highest BCUT2D eigenvalue weighted by atomic mass is 35.5. The average molecular weight is 290 g/mol. The van der Waals surface area contributed by atoms with Gasteiger partial charge in [-0.2, -0.15) is 0 Å². The molecule has 0 radical (unpaired) electrons. The van der Waals surface area contributed by atoms with Crippen molar-refractivity contribution in [3.05, 3.63) is 16.1 Å². The first kappa shape index (κ1) is 15.6. The normalized spacial score (nSPS) is 20.4. The van der Waals surface area contributed by atoms with E-state index in [9.17, 15) is 4.79 Å². The molecule has 1 fully saturated rings. The van der Waals surface area contributed by atoms with Crippen LogP contribution in [0.5, 0.6) is 0 Å². The van der Waals surface area contributed by atoms with Crippen molar-refractivity contribution in [2.75, 3.05) is 13.1 Å². The van der Waals surface area contributed by atoms with Gasteiger partial charge in [-0.05, 0) is 26.3 Å². The van der Waals surface area contributed by atoms with Crippen molar-refractivity contribution < 1.29 is 4.79 Å². The van der Waals surface area contributed by atoms with Crippen LogP contribution >= 0.6 is 23.7 Å². The fourth-order valence-corrected chi connectivity index (χ4v) is 3.21. The van der Waals surface area contributed by atoms with Crippen molar-refractivity contribution in [1.82, 2.24) is 9.88 Å². The molecule has 4 nitrogen and oxygen atoms in total. The number of ketones is 1. The van der Waals surface area contributed by atoms with Gasteiger partial charge in [-0.25, -0.2) is 4.98 Å². The minimum Gasteiger partial charge on any atom is -0.327 e. The Kier molecular flexibility index (Phi) is 6.21. The molecule has 0 spiro atoms. The summed E-state index contributed by atoms with van der Waals surface area (Å²) in [5.74, 6) is 0.172. The van der Waals surface area contributed by atoms with E-state index in [0.717, 1.165) is 31.1 Å². The number of rotatable bonds is 4. The number of nitrogens with zero attached hydrogens (tertiary/aromatic N) is 2. The van der Waals surface area contributed by atoms with Crippen LogP contribution in [0.4, 0.5) is 0 Å². The van der Waals surface area contributed by atoms with E-state index >= 15 is 0 Å². The van der Waals surface area contributed by atoms with Gasteiger partial charge in [-0.1, -0.05) is 0 Å². The van der Waals surface area contributed by atoms with Gasteiger partial charge in [0.2, 0.25) is 0 Å². The number of carbonyl (C=O) groups is 1. The molecular weight excluding hydrogens is 270 g/mol. The van der Waals surface area contributed by atoms with Gasteiger partial charge in [0, 0.05) is 30.2 Å². The van der Waals surface area contributed by atoms with Gasteiger partial charge in [0.15, 0.2) is 0 Å². The minimum atomic E-state index is 0. The SMILES string of the molecule is CC(=O)Cc1ncc(CN2CCCC(N)C2)s1.Cl. The smallest absolute Gasteiger partial charge is 0.136 e. The quantitative estimate of drug-likeness (QED) is 0.915. The Hall–Kier alpha value is -0.490. The molecule has 1 unspecified atom stereocenters. The summed E-state index contributed by atoms with van der Waals surface area (Å²) >= 11 is 1.64. The van der Waals surface area contributed by atoms with Gasteiger partial charge in [0.25, 0.3) is 0 Å². The fourth-order valence-electron chi connectivity index (χ4n) is 2.17. The van der Waals surface area contributed by atoms with Crippen LogP contribution in [0.3, 0.4) is 0 Å². The van der Waals surface area contributed by atoms with E-state index in [-0.39, 0.29) is 18.2 Å². The van der Waals surface area contributed by atoms with Crippen LogP contribution in [0.1, 0.15) is 29.7 Å². The molecule has 1 aliphatic heterocycles. The van der Waals surface area contributed by atoms with E-state index < -0.39 is 0 Å². The zero-order valence-corrected chi connectivity index (χ0v) is 12.2. The highest BCUT2D eigenvalue weighted by Gasteiger charge is 2.17. The van der Waals surface area contributed by atoms with Gasteiger partial charge in [0.05, 0.1) is 6.42 Å². The molecule has 0 amide bonds. The molecule has 1 saturated heterocycles. The third-order valence-electron chi connectivity index (χ3n) is 2.92. The topological polar surface area (TPSA) is 59.2 Å². The molecule has 1 aromatic rings. The third kappa shape index (κ3) is 4.65. The predicted molar refractivity (Wildman–Crippen MR) is 76.2 cm³/mol. The number of halogens is 1. The summed E-state index contributed by atoms with van der Waals surface area (Å²) in [5, 5.41) is 0.925. The molecule has 1 aromatic heterocycles. The number of aromatic nitrogens is 1. The number of hydrogen-bond donors (Lipinski definition) is 1. The number of hydrogen-bond acceptors (Lipinski definition) is 5. The highest BCUT2D eigenvalue weighted by molar-refractivity contribution is 7.11. The van der Waals surface area contributed by atoms with E-state index in [4.69, 9.17) is 5.73 Å². The molecule has 1 aliphatic rings. The molecule has 0 aromatic carbocycles. The second-order valence-electron chi connectivity index (χ2n) is 4.74. The van der Waals surface area contributed by atoms with Crippen LogP contribution in [0.25, 0.3) is 0 Å². The van der Waals surface area contributed by atoms with Crippen LogP contribution in [-0.2, 0) is 17.8 Å². The average Bonchev–Trinajstić information content (AvgIpc) is 2.64. The second kappa shape index (κ2) is 7.19. The third-order valence-corrected chi connectivity index (χ3v) is 3.91. The van der Waals surface area contributed by atoms with Crippen LogP contribution in [0.2, 0.25) is 0 Å². The summed E-state index contributed by atoms with van der Waals surface area (Å²) in [6.45, 7) is 4.61. The maximum atomic E-state index is 11.0. The van der Waals surface area contributed by atoms with Crippen LogP contribution in [-0.4, -0.2) is 34.8 Å². The molecule has 1 atom stereocenters. The van der Waals surface area contributed by atoms with Gasteiger partial charge >= 0.3 is 0 Å². The van der Waals surface area contributed by atoms with E-state index in [1.165, 1.54) is 11.3 Å². The predicted octanol–water partition coefficient (Wildman–Crippen LogP) is 1.62. The Morgan fingerprint density at radius 1 is 1.67 bits per heavy atom. The number of carbonyl (C=O) groups excluding carboxylic acids is 1. The van der Waals surface area contributed by atoms with Gasteiger partial charge in [0.1, 0.15) is 10.8 Å². The Bertz CT molecular complexity index is 396. The summed E-state index contributed by atoms with van der Waals surface area (Å²) in [6, 6.07) is 0.313. The Morgan fingerprint density at radius 3 is 3.11 bits per heavy atom. The fraction of sp³-hybridized carbons (Fsp3) is 0.667. The highest BCUT2D eigenvalue weighted by Crippen LogP contribution is 2.18. The van der Waals surface area contributed by atoms with Gasteiger partial charge in [-0.3, -0.25) is 9.69 Å². The second-order valence-corrected chi connectivity index (χ2v) is 5.94. The molecule has 2 N–H and O–H groups in total. The van der Waals surface area contributed by atoms with Crippen molar-refractivity contribution in [1.29, 1.82) is 0 Å². The van der Waals surface area contributed by atoms with Crippen molar-refractivity contribution in [2.24, 2.45) is 5.73 Å². The van der Waals surface area contributed by atoms with Crippen LogP contribution < -0.4 is 5.73 Å². The summed E-state index contributed by atoms with van der Waals surface area (Å²) in [5.41, 5.74) is 5.95. The molecule has 102 valence electrons. The minimum absolute atomic E-state index is 0. The monoisotopic (exact) mass is 289 g/mol. The van der Waals surface area contributed by atoms with Crippen molar-refractivity contribution in [3.8, 4) is 0 Å². The van der Waals surface area contributed by atoms with E-state index in [1.807, 2.05) is 6.20 Å².